The summed E-state index contributed by atoms with van der Waals surface area (Å²) >= 11 is 0. The minimum atomic E-state index is 0.531. The Labute approximate surface area is 105 Å². The Kier molecular flexibility index (Phi) is 2.10. The average Bonchev–Trinajstić information content (AvgIpc) is 3.15. The van der Waals surface area contributed by atoms with E-state index < -0.39 is 0 Å². The summed E-state index contributed by atoms with van der Waals surface area (Å²) in [5.74, 6) is 0.857. The van der Waals surface area contributed by atoms with Crippen molar-refractivity contribution in [2.75, 3.05) is 18.0 Å². The van der Waals surface area contributed by atoms with Crippen LogP contribution in [-0.2, 0) is 0 Å². The van der Waals surface area contributed by atoms with Crippen LogP contribution in [0, 0.1) is 0 Å². The molecular formula is C12H14N6. The lowest BCUT2D eigenvalue weighted by Crippen LogP contribution is -2.44. The lowest BCUT2D eigenvalue weighted by atomic mass is 10.2. The van der Waals surface area contributed by atoms with Crippen molar-refractivity contribution < 1.29 is 0 Å². The zero-order valence-corrected chi connectivity index (χ0v) is 9.90. The highest BCUT2D eigenvalue weighted by molar-refractivity contribution is 5.43. The van der Waals surface area contributed by atoms with E-state index in [2.05, 4.69) is 25.7 Å². The normalized spacial score (nSPS) is 25.9. The highest BCUT2D eigenvalue weighted by Crippen LogP contribution is 2.28. The SMILES string of the molecule is c1ccc(-n2nnnc2N2C[C@@H]3C[C@H]2CN3)cc1. The standard InChI is InChI=1S/C12H14N6/c1-2-4-10(5-3-1)18-12(14-15-16-18)17-8-9-6-11(17)7-13-9/h1-5,9,11,13H,6-8H2/t9-,11-/m0/s1. The lowest BCUT2D eigenvalue weighted by molar-refractivity contribution is 0.567. The van der Waals surface area contributed by atoms with Crippen molar-refractivity contribution >= 4 is 5.95 Å². The van der Waals surface area contributed by atoms with Gasteiger partial charge >= 0.3 is 0 Å². The molecule has 18 heavy (non-hydrogen) atoms. The highest BCUT2D eigenvalue weighted by atomic mass is 15.6. The molecule has 0 amide bonds. The molecule has 2 fully saturated rings. The number of hydrogen-bond acceptors (Lipinski definition) is 5. The van der Waals surface area contributed by atoms with Gasteiger partial charge in [-0.05, 0) is 29.0 Å². The third-order valence-corrected chi connectivity index (χ3v) is 3.77. The molecule has 0 aliphatic carbocycles. The molecule has 2 saturated heterocycles. The molecule has 1 aromatic heterocycles. The minimum absolute atomic E-state index is 0.531. The second kappa shape index (κ2) is 3.78. The summed E-state index contributed by atoms with van der Waals surface area (Å²) in [6.45, 7) is 2.03. The zero-order chi connectivity index (χ0) is 11.9. The third-order valence-electron chi connectivity index (χ3n) is 3.77. The second-order valence-electron chi connectivity index (χ2n) is 4.87. The molecular weight excluding hydrogens is 228 g/mol. The molecule has 0 unspecified atom stereocenters. The van der Waals surface area contributed by atoms with Gasteiger partial charge in [-0.3, -0.25) is 0 Å². The van der Waals surface area contributed by atoms with Gasteiger partial charge in [-0.25, -0.2) is 0 Å². The number of benzene rings is 1. The van der Waals surface area contributed by atoms with Crippen molar-refractivity contribution in [1.82, 2.24) is 25.5 Å². The molecule has 92 valence electrons. The van der Waals surface area contributed by atoms with E-state index in [1.165, 1.54) is 6.42 Å². The van der Waals surface area contributed by atoms with Crippen molar-refractivity contribution in [2.24, 2.45) is 0 Å². The Morgan fingerprint density at radius 3 is 2.83 bits per heavy atom. The van der Waals surface area contributed by atoms with Crippen LogP contribution in [0.2, 0.25) is 0 Å². The van der Waals surface area contributed by atoms with E-state index in [-0.39, 0.29) is 0 Å². The number of nitrogens with zero attached hydrogens (tertiary/aromatic N) is 5. The monoisotopic (exact) mass is 242 g/mol. The van der Waals surface area contributed by atoms with E-state index in [0.717, 1.165) is 24.7 Å². The molecule has 6 heteroatoms. The summed E-state index contributed by atoms with van der Waals surface area (Å²) in [5, 5.41) is 15.6. The van der Waals surface area contributed by atoms with E-state index in [4.69, 9.17) is 0 Å². The number of anilines is 1. The van der Waals surface area contributed by atoms with Gasteiger partial charge in [0.05, 0.1) is 5.69 Å². The molecule has 2 atom stereocenters. The molecule has 2 aliphatic rings. The van der Waals surface area contributed by atoms with Gasteiger partial charge < -0.3 is 10.2 Å². The van der Waals surface area contributed by atoms with Crippen molar-refractivity contribution in [3.8, 4) is 5.69 Å². The fourth-order valence-electron chi connectivity index (χ4n) is 2.90. The molecule has 3 heterocycles. The smallest absolute Gasteiger partial charge is 0.250 e. The predicted molar refractivity (Wildman–Crippen MR) is 66.7 cm³/mol. The van der Waals surface area contributed by atoms with Crippen LogP contribution in [0.5, 0.6) is 0 Å². The van der Waals surface area contributed by atoms with Crippen LogP contribution in [0.4, 0.5) is 5.95 Å². The lowest BCUT2D eigenvalue weighted by Gasteiger charge is -2.27. The van der Waals surface area contributed by atoms with Crippen LogP contribution in [0.25, 0.3) is 5.69 Å². The number of piperazine rings is 1. The van der Waals surface area contributed by atoms with Crippen LogP contribution in [0.1, 0.15) is 6.42 Å². The largest absolute Gasteiger partial charge is 0.333 e. The fraction of sp³-hybridized carbons (Fsp3) is 0.417. The molecule has 1 aromatic carbocycles. The van der Waals surface area contributed by atoms with Crippen LogP contribution < -0.4 is 10.2 Å². The van der Waals surface area contributed by atoms with E-state index in [0.29, 0.717) is 12.1 Å². The molecule has 0 saturated carbocycles. The zero-order valence-electron chi connectivity index (χ0n) is 9.90. The Morgan fingerprint density at radius 2 is 2.11 bits per heavy atom. The number of aromatic nitrogens is 4. The Morgan fingerprint density at radius 1 is 1.22 bits per heavy atom. The first-order valence-corrected chi connectivity index (χ1v) is 6.25. The van der Waals surface area contributed by atoms with E-state index in [1.807, 2.05) is 35.0 Å². The van der Waals surface area contributed by atoms with Gasteiger partial charge in [0.25, 0.3) is 5.95 Å². The summed E-state index contributed by atoms with van der Waals surface area (Å²) in [6.07, 6.45) is 1.20. The van der Waals surface area contributed by atoms with E-state index in [1.54, 1.807) is 0 Å². The summed E-state index contributed by atoms with van der Waals surface area (Å²) in [7, 11) is 0. The number of fused-ring (bicyclic) bond motifs is 2. The van der Waals surface area contributed by atoms with Gasteiger partial charge in [0.2, 0.25) is 0 Å². The molecule has 0 radical (unpaired) electrons. The first-order valence-electron chi connectivity index (χ1n) is 6.25. The first kappa shape index (κ1) is 10.0. The van der Waals surface area contributed by atoms with Crippen molar-refractivity contribution in [1.29, 1.82) is 0 Å². The van der Waals surface area contributed by atoms with Gasteiger partial charge in [0.1, 0.15) is 0 Å². The number of nitrogens with one attached hydrogen (secondary N) is 1. The maximum absolute atomic E-state index is 4.19. The Hall–Kier alpha value is -1.95. The summed E-state index contributed by atoms with van der Waals surface area (Å²) in [6, 6.07) is 11.2. The average molecular weight is 242 g/mol. The highest BCUT2D eigenvalue weighted by Gasteiger charge is 2.39. The van der Waals surface area contributed by atoms with Crippen molar-refractivity contribution in [3.05, 3.63) is 30.3 Å². The predicted octanol–water partition coefficient (Wildman–Crippen LogP) is 0.213. The van der Waals surface area contributed by atoms with Gasteiger partial charge in [0, 0.05) is 25.2 Å². The molecule has 2 aliphatic heterocycles. The van der Waals surface area contributed by atoms with Gasteiger partial charge in [-0.1, -0.05) is 23.3 Å². The Balaban J connectivity index is 1.73. The minimum Gasteiger partial charge on any atom is -0.333 e. The van der Waals surface area contributed by atoms with Crippen LogP contribution >= 0.6 is 0 Å². The summed E-state index contributed by atoms with van der Waals surface area (Å²) < 4.78 is 1.82. The number of hydrogen-bond donors (Lipinski definition) is 1. The molecule has 4 rings (SSSR count). The fourth-order valence-corrected chi connectivity index (χ4v) is 2.90. The summed E-state index contributed by atoms with van der Waals surface area (Å²) in [5.41, 5.74) is 1.01. The molecule has 2 aromatic rings. The maximum atomic E-state index is 4.19. The molecule has 6 nitrogen and oxygen atoms in total. The Bertz CT molecular complexity index is 551. The van der Waals surface area contributed by atoms with Crippen LogP contribution in [0.3, 0.4) is 0 Å². The van der Waals surface area contributed by atoms with Gasteiger partial charge in [0.15, 0.2) is 0 Å². The quantitative estimate of drug-likeness (QED) is 0.816. The number of rotatable bonds is 2. The van der Waals surface area contributed by atoms with Crippen molar-refractivity contribution in [3.63, 3.8) is 0 Å². The number of tetrazole rings is 1. The molecule has 0 spiro atoms. The number of para-hydroxylation sites is 1. The van der Waals surface area contributed by atoms with Crippen LogP contribution in [-0.4, -0.2) is 45.4 Å². The molecule has 1 N–H and O–H groups in total. The summed E-state index contributed by atoms with van der Waals surface area (Å²) in [4.78, 5) is 2.31. The maximum Gasteiger partial charge on any atom is 0.250 e. The second-order valence-corrected chi connectivity index (χ2v) is 4.87. The van der Waals surface area contributed by atoms with Crippen molar-refractivity contribution in [2.45, 2.75) is 18.5 Å². The third kappa shape index (κ3) is 1.42. The molecule has 2 bridgehead atoms. The van der Waals surface area contributed by atoms with E-state index in [9.17, 15) is 0 Å². The first-order chi connectivity index (χ1) is 8.92. The van der Waals surface area contributed by atoms with Crippen LogP contribution in [0.15, 0.2) is 30.3 Å². The topological polar surface area (TPSA) is 58.9 Å². The van der Waals surface area contributed by atoms with Gasteiger partial charge in [-0.2, -0.15) is 4.68 Å². The van der Waals surface area contributed by atoms with E-state index >= 15 is 0 Å². The van der Waals surface area contributed by atoms with Gasteiger partial charge in [-0.15, -0.1) is 0 Å².